The van der Waals surface area contributed by atoms with Crippen LogP contribution in [0.1, 0.15) is 235 Å². The highest BCUT2D eigenvalue weighted by molar-refractivity contribution is 7.17. The van der Waals surface area contributed by atoms with Gasteiger partial charge in [0.15, 0.2) is 0 Å². The molecule has 4 aliphatic rings. The maximum atomic E-state index is 14.1. The van der Waals surface area contributed by atoms with Gasteiger partial charge in [-0.2, -0.15) is 0 Å². The Morgan fingerprint density at radius 3 is 0.846 bits per heavy atom. The first kappa shape index (κ1) is 73.9. The van der Waals surface area contributed by atoms with E-state index in [0.29, 0.717) is 9.06 Å². The number of hydrogen-bond acceptors (Lipinski definition) is 10. The highest BCUT2D eigenvalue weighted by atomic mass is 32.1. The van der Waals surface area contributed by atoms with Crippen LogP contribution in [-0.2, 0) is 55.7 Å². The van der Waals surface area contributed by atoms with Gasteiger partial charge in [0.05, 0.1) is 10.8 Å². The summed E-state index contributed by atoms with van der Waals surface area (Å²) in [6.45, 7) is 16.8. The van der Waals surface area contributed by atoms with Crippen LogP contribution in [0.15, 0.2) is 146 Å². The van der Waals surface area contributed by atoms with E-state index in [1.807, 2.05) is 24.3 Å². The number of hydrogen-bond donors (Lipinski definition) is 0. The fraction of sp³-hybridized carbons (Fsp3) is 0.378. The standard InChI is InChI=1S/C90H98N4O6S4/c1-9-17-21-25-29-59-33-41-63(42-34-59)89(64-43-35-60(36-44-64)30-26-22-18-10-2)73-57-72-74(58-71(73)81-75(89)55-69(103-81)53-67-49-51-77(101-67)79-83(95)91(13-5)87(99)92(14-6)84(79)96)90(65-45-37-61(38-46-65)31-27-23-19-11-3,66-47-39-62(40-48-66)32-28-24-20-12-4)76-56-70(104-82(72)76)54-68-50-52-78(102-68)80-85(97)93(15-7)88(100)94(16-8)86(80)98/h33-58H,9-32H2,1-8H3/b67-53+,68-54+. The normalized spacial score (nSPS) is 15.7. The Labute approximate surface area is 630 Å². The van der Waals surface area contributed by atoms with Crippen LogP contribution in [0, 0.1) is 0 Å². The summed E-state index contributed by atoms with van der Waals surface area (Å²) >= 11 is 6.39. The van der Waals surface area contributed by atoms with Crippen LogP contribution in [0.4, 0.5) is 9.59 Å². The van der Waals surface area contributed by atoms with Gasteiger partial charge in [-0.1, -0.05) is 202 Å². The van der Waals surface area contributed by atoms with Crippen LogP contribution >= 0.6 is 45.3 Å². The molecule has 0 unspecified atom stereocenters. The summed E-state index contributed by atoms with van der Waals surface area (Å²) in [6.07, 6.45) is 27.4. The largest absolute Gasteiger partial charge is 0.333 e. The molecule has 0 atom stereocenters. The zero-order chi connectivity index (χ0) is 72.8. The smallest absolute Gasteiger partial charge is 0.268 e. The zero-order valence-electron chi connectivity index (χ0n) is 61.9. The number of urea groups is 2. The first-order valence-electron chi connectivity index (χ1n) is 38.6. The zero-order valence-corrected chi connectivity index (χ0v) is 65.1. The van der Waals surface area contributed by atoms with E-state index in [-0.39, 0.29) is 37.3 Å². The fourth-order valence-electron chi connectivity index (χ4n) is 16.4. The lowest BCUT2D eigenvalue weighted by atomic mass is 9.65. The van der Waals surface area contributed by atoms with Gasteiger partial charge < -0.3 is 0 Å². The third kappa shape index (κ3) is 13.8. The van der Waals surface area contributed by atoms with E-state index in [2.05, 4.69) is 161 Å². The first-order valence-corrected chi connectivity index (χ1v) is 41.8. The van der Waals surface area contributed by atoms with Crippen molar-refractivity contribution in [1.29, 1.82) is 0 Å². The highest BCUT2D eigenvalue weighted by Crippen LogP contribution is 2.65. The van der Waals surface area contributed by atoms with Crippen molar-refractivity contribution < 1.29 is 28.8 Å². The Balaban J connectivity index is 1.08. The van der Waals surface area contributed by atoms with Crippen molar-refractivity contribution in [3.05, 3.63) is 240 Å². The predicted molar refractivity (Wildman–Crippen MR) is 430 cm³/mol. The van der Waals surface area contributed by atoms with Gasteiger partial charge in [0.25, 0.3) is 23.6 Å². The monoisotopic (exact) mass is 1460 g/mol. The van der Waals surface area contributed by atoms with E-state index in [9.17, 15) is 28.8 Å². The van der Waals surface area contributed by atoms with Crippen molar-refractivity contribution in [3.8, 4) is 20.9 Å². The molecule has 104 heavy (non-hydrogen) atoms. The number of amides is 8. The molecule has 9 aromatic rings. The molecule has 0 saturated carbocycles. The van der Waals surface area contributed by atoms with Gasteiger partial charge in [0.1, 0.15) is 11.1 Å². The quantitative estimate of drug-likeness (QED) is 0.0414. The fourth-order valence-corrected chi connectivity index (χ4v) is 20.9. The van der Waals surface area contributed by atoms with E-state index in [1.165, 1.54) is 207 Å². The summed E-state index contributed by atoms with van der Waals surface area (Å²) in [6, 6.07) is 54.8. The molecule has 5 aromatic carbocycles. The molecule has 0 spiro atoms. The number of aryl methyl sites for hydroxylation is 4. The summed E-state index contributed by atoms with van der Waals surface area (Å²) in [4.78, 5) is 92.1. The Hall–Kier alpha value is -8.40. The highest BCUT2D eigenvalue weighted by Gasteiger charge is 2.53. The second kappa shape index (κ2) is 32.5. The van der Waals surface area contributed by atoms with E-state index in [0.717, 1.165) is 70.2 Å². The van der Waals surface area contributed by atoms with Crippen LogP contribution in [0.5, 0.6) is 0 Å². The molecule has 0 bridgehead atoms. The minimum atomic E-state index is -0.790. The van der Waals surface area contributed by atoms with Crippen molar-refractivity contribution in [3.63, 3.8) is 0 Å². The van der Waals surface area contributed by atoms with Crippen LogP contribution in [0.3, 0.4) is 0 Å². The third-order valence-corrected chi connectivity index (χ3v) is 26.3. The number of nitrogens with zero attached hydrogens (tertiary/aromatic N) is 4. The van der Waals surface area contributed by atoms with Crippen LogP contribution in [0.25, 0.3) is 44.2 Å². The summed E-state index contributed by atoms with van der Waals surface area (Å²) in [7, 11) is 0. The molecule has 2 saturated heterocycles. The molecule has 6 heterocycles. The molecular formula is C90H98N4O6S4. The average molecular weight is 1460 g/mol. The Morgan fingerprint density at radius 1 is 0.308 bits per heavy atom. The summed E-state index contributed by atoms with van der Waals surface area (Å²) < 4.78 is 2.86. The molecule has 4 aromatic heterocycles. The molecule has 0 N–H and O–H groups in total. The minimum absolute atomic E-state index is 0.0259. The second-order valence-corrected chi connectivity index (χ2v) is 32.9. The van der Waals surface area contributed by atoms with Gasteiger partial charge in [-0.25, -0.2) is 9.59 Å². The van der Waals surface area contributed by atoms with Crippen molar-refractivity contribution in [2.45, 2.75) is 195 Å². The molecule has 8 amide bonds. The van der Waals surface area contributed by atoms with E-state index in [1.54, 1.807) is 50.4 Å². The van der Waals surface area contributed by atoms with Gasteiger partial charge in [-0.3, -0.25) is 38.8 Å². The van der Waals surface area contributed by atoms with Gasteiger partial charge in [0, 0.05) is 63.8 Å². The molecule has 0 radical (unpaired) electrons. The number of imide groups is 4. The average Bonchev–Trinajstić information content (AvgIpc) is 1.50. The molecule has 2 aliphatic carbocycles. The summed E-state index contributed by atoms with van der Waals surface area (Å²) in [5.41, 5.74) is 15.8. The topological polar surface area (TPSA) is 115 Å². The van der Waals surface area contributed by atoms with Crippen LogP contribution in [-0.4, -0.2) is 81.5 Å². The molecule has 10 nitrogen and oxygen atoms in total. The van der Waals surface area contributed by atoms with E-state index < -0.39 is 46.5 Å². The number of carbonyl (C=O) groups excluding carboxylic acids is 6. The SMILES string of the molecule is CCCCCCc1ccc(C2(c3ccc(CCCCCC)cc3)c3cc4c(cc3-c3sc(/C=c5\ccc(=C6C(=O)N(CC)C(=O)N(CC)C6=O)s5)cc32)C(c2ccc(CCCCCC)cc2)(c2ccc(CCCCCC)cc2)c2cc(/C=c3\ccc(=C5C(=O)N(CC)C(=O)N(CC)C5=O)s3)sc2-4)cc1. The molecule has 538 valence electrons. The number of fused-ring (bicyclic) bond motifs is 6. The van der Waals surface area contributed by atoms with E-state index in [4.69, 9.17) is 0 Å². The number of rotatable bonds is 30. The van der Waals surface area contributed by atoms with Gasteiger partial charge in [0.2, 0.25) is 0 Å². The minimum Gasteiger partial charge on any atom is -0.268 e. The number of carbonyl (C=O) groups is 6. The van der Waals surface area contributed by atoms with Crippen molar-refractivity contribution in [2.75, 3.05) is 26.2 Å². The molecule has 13 rings (SSSR count). The maximum Gasteiger partial charge on any atom is 0.333 e. The Bertz CT molecular complexity index is 4470. The number of benzene rings is 5. The lowest BCUT2D eigenvalue weighted by molar-refractivity contribution is -0.134. The van der Waals surface area contributed by atoms with Crippen LogP contribution in [0.2, 0.25) is 0 Å². The van der Waals surface area contributed by atoms with Gasteiger partial charge >= 0.3 is 12.1 Å². The molecule has 14 heteroatoms. The van der Waals surface area contributed by atoms with Crippen molar-refractivity contribution in [2.24, 2.45) is 0 Å². The van der Waals surface area contributed by atoms with Gasteiger partial charge in [-0.15, -0.1) is 45.3 Å². The lowest BCUT2D eigenvalue weighted by Crippen LogP contribution is -2.56. The second-order valence-electron chi connectivity index (χ2n) is 28.5. The predicted octanol–water partition coefficient (Wildman–Crippen LogP) is 18.8. The first-order chi connectivity index (χ1) is 50.7. The number of thiophene rings is 4. The van der Waals surface area contributed by atoms with Crippen molar-refractivity contribution in [1.82, 2.24) is 19.6 Å². The van der Waals surface area contributed by atoms with Gasteiger partial charge in [-0.05, 0) is 218 Å². The number of unbranched alkanes of at least 4 members (excludes halogenated alkanes) is 12. The number of barbiturate groups is 2. The molecule has 2 aliphatic heterocycles. The van der Waals surface area contributed by atoms with E-state index >= 15 is 0 Å². The van der Waals surface area contributed by atoms with Crippen LogP contribution < -0.4 is 18.1 Å². The lowest BCUT2D eigenvalue weighted by Gasteiger charge is -2.35. The molecule has 2 fully saturated rings. The van der Waals surface area contributed by atoms with Crippen molar-refractivity contribution >= 4 is 104 Å². The molecular weight excluding hydrogens is 1360 g/mol. The maximum absolute atomic E-state index is 14.1. The summed E-state index contributed by atoms with van der Waals surface area (Å²) in [5.74, 6) is -2.24. The Morgan fingerprint density at radius 2 is 0.587 bits per heavy atom. The third-order valence-electron chi connectivity index (χ3n) is 21.9. The Kier molecular flexibility index (Phi) is 23.1. The summed E-state index contributed by atoms with van der Waals surface area (Å²) in [5, 5.41) is 0.